The first-order valence-electron chi connectivity index (χ1n) is 7.86. The molecule has 0 fully saturated rings. The van der Waals surface area contributed by atoms with Gasteiger partial charge in [0.15, 0.2) is 0 Å². The van der Waals surface area contributed by atoms with Gasteiger partial charge >= 0.3 is 23.9 Å². The molecule has 0 heterocycles. The third kappa shape index (κ3) is 17.7. The van der Waals surface area contributed by atoms with Crippen LogP contribution in [0.5, 0.6) is 0 Å². The quantitative estimate of drug-likeness (QED) is 0.482. The number of unbranched alkanes of at least 4 members (excludes halogenated alkanes) is 2. The predicted octanol–water partition coefficient (Wildman–Crippen LogP) is 0.700. The van der Waals surface area contributed by atoms with Crippen LogP contribution in [0.3, 0.4) is 0 Å². The minimum Gasteiger partial charge on any atom is -0.550 e. The maximum absolute atomic E-state index is 10.3. The zero-order valence-corrected chi connectivity index (χ0v) is 17.3. The zero-order chi connectivity index (χ0) is 16.0. The van der Waals surface area contributed by atoms with Crippen LogP contribution in [-0.4, -0.2) is 41.3 Å². The van der Waals surface area contributed by atoms with Crippen LogP contribution in [0.15, 0.2) is 0 Å². The number of hydrogen-bond acceptors (Lipinski definition) is 4. The molecule has 0 spiro atoms. The standard InChI is InChI=1S/2C8H16O2.H2O.Sn/c2*1-3-5-6-7(4-2)8(9)10;;/h2*7H,3-6H2,1-2H3,(H,9,10);1H2;/q;;;+2/p-2. The number of carbonyl (C=O) groups is 2. The van der Waals surface area contributed by atoms with Crippen molar-refractivity contribution in [3.8, 4) is 0 Å². The Morgan fingerprint density at radius 2 is 1.05 bits per heavy atom. The van der Waals surface area contributed by atoms with E-state index in [9.17, 15) is 19.8 Å². The summed E-state index contributed by atoms with van der Waals surface area (Å²) in [6.07, 6.45) is 7.04. The first-order valence-corrected chi connectivity index (χ1v) is 7.86. The third-order valence-corrected chi connectivity index (χ3v) is 3.46. The Kier molecular flexibility index (Phi) is 27.9. The molecule has 2 unspecified atom stereocenters. The van der Waals surface area contributed by atoms with Crippen LogP contribution in [0.25, 0.3) is 0 Å². The van der Waals surface area contributed by atoms with E-state index in [1.807, 2.05) is 13.8 Å². The van der Waals surface area contributed by atoms with Gasteiger partial charge in [0, 0.05) is 11.9 Å². The molecule has 0 amide bonds. The summed E-state index contributed by atoms with van der Waals surface area (Å²) < 4.78 is 0. The van der Waals surface area contributed by atoms with E-state index in [2.05, 4.69) is 13.8 Å². The smallest absolute Gasteiger partial charge is 0.550 e. The van der Waals surface area contributed by atoms with Gasteiger partial charge in [0.2, 0.25) is 0 Å². The van der Waals surface area contributed by atoms with Crippen LogP contribution >= 0.6 is 0 Å². The molecule has 0 rings (SSSR count). The molecule has 0 aromatic carbocycles. The monoisotopic (exact) mass is 424 g/mol. The second-order valence-corrected chi connectivity index (χ2v) is 5.13. The molecule has 0 saturated heterocycles. The molecule has 2 N–H and O–H groups in total. The fourth-order valence-corrected chi connectivity index (χ4v) is 1.88. The minimum absolute atomic E-state index is 0. The van der Waals surface area contributed by atoms with Crippen LogP contribution in [0.4, 0.5) is 0 Å². The molecule has 0 aliphatic carbocycles. The van der Waals surface area contributed by atoms with Gasteiger partial charge in [-0.15, -0.1) is 0 Å². The molecular weight excluding hydrogens is 391 g/mol. The number of rotatable bonds is 10. The van der Waals surface area contributed by atoms with E-state index in [4.69, 9.17) is 0 Å². The molecule has 22 heavy (non-hydrogen) atoms. The van der Waals surface area contributed by atoms with Crippen molar-refractivity contribution in [3.63, 3.8) is 0 Å². The van der Waals surface area contributed by atoms with Crippen molar-refractivity contribution in [2.75, 3.05) is 0 Å². The third-order valence-electron chi connectivity index (χ3n) is 3.46. The fraction of sp³-hybridized carbons (Fsp3) is 0.875. The average Bonchev–Trinajstić information content (AvgIpc) is 2.40. The van der Waals surface area contributed by atoms with Crippen LogP contribution in [0.1, 0.15) is 79.1 Å². The molecule has 130 valence electrons. The summed E-state index contributed by atoms with van der Waals surface area (Å²) in [5, 5.41) is 20.7. The Hall–Kier alpha value is -0.301. The van der Waals surface area contributed by atoms with Gasteiger partial charge < -0.3 is 25.3 Å². The van der Waals surface area contributed by atoms with Gasteiger partial charge in [-0.1, -0.05) is 53.4 Å². The van der Waals surface area contributed by atoms with Gasteiger partial charge in [-0.05, 0) is 37.5 Å². The summed E-state index contributed by atoms with van der Waals surface area (Å²) in [7, 11) is 0. The van der Waals surface area contributed by atoms with Crippen LogP contribution < -0.4 is 10.2 Å². The normalized spacial score (nSPS) is 11.8. The summed E-state index contributed by atoms with van der Waals surface area (Å²) in [6, 6.07) is 0. The predicted molar refractivity (Wildman–Crippen MR) is 86.0 cm³/mol. The van der Waals surface area contributed by atoms with Crippen molar-refractivity contribution in [2.45, 2.75) is 79.1 Å². The number of carboxylic acids is 2. The van der Waals surface area contributed by atoms with E-state index in [-0.39, 0.29) is 41.2 Å². The Morgan fingerprint density at radius 3 is 1.18 bits per heavy atom. The molecular formula is C16H32O5Sn. The van der Waals surface area contributed by atoms with Crippen LogP contribution in [0.2, 0.25) is 0 Å². The van der Waals surface area contributed by atoms with Crippen molar-refractivity contribution < 1.29 is 25.3 Å². The van der Waals surface area contributed by atoms with Gasteiger partial charge in [-0.25, -0.2) is 0 Å². The van der Waals surface area contributed by atoms with Gasteiger partial charge in [-0.3, -0.25) is 0 Å². The second kappa shape index (κ2) is 20.7. The van der Waals surface area contributed by atoms with E-state index in [0.717, 1.165) is 38.5 Å². The summed E-state index contributed by atoms with van der Waals surface area (Å²) in [5.41, 5.74) is 0. The maximum atomic E-state index is 10.3. The van der Waals surface area contributed by atoms with Gasteiger partial charge in [0.25, 0.3) is 0 Å². The number of aliphatic carboxylic acids is 2. The van der Waals surface area contributed by atoms with Crippen LogP contribution in [-0.2, 0) is 9.59 Å². The minimum atomic E-state index is -0.893. The molecule has 6 heteroatoms. The molecule has 0 aliphatic heterocycles. The number of carboxylic acid groups (broad SMARTS) is 2. The van der Waals surface area contributed by atoms with E-state index >= 15 is 0 Å². The van der Waals surface area contributed by atoms with E-state index < -0.39 is 11.9 Å². The van der Waals surface area contributed by atoms with Crippen molar-refractivity contribution in [1.29, 1.82) is 0 Å². The molecule has 0 aromatic heterocycles. The SMILES string of the molecule is CCCCC(CC)C(=O)[O-].CCCCC(CC)C(=O)[O-].O.[Sn+2]. The zero-order valence-electron chi connectivity index (χ0n) is 14.4. The van der Waals surface area contributed by atoms with Gasteiger partial charge in [-0.2, -0.15) is 0 Å². The molecule has 0 aliphatic rings. The van der Waals surface area contributed by atoms with Crippen molar-refractivity contribution in [1.82, 2.24) is 0 Å². The first-order chi connectivity index (χ1) is 9.44. The molecule has 5 nitrogen and oxygen atoms in total. The largest absolute Gasteiger partial charge is 2.00 e. The topological polar surface area (TPSA) is 112 Å². The van der Waals surface area contributed by atoms with Crippen molar-refractivity contribution >= 4 is 35.8 Å². The Morgan fingerprint density at radius 1 is 0.773 bits per heavy atom. The Labute approximate surface area is 152 Å². The Balaban J connectivity index is -0.000000135. The molecule has 0 saturated carbocycles. The summed E-state index contributed by atoms with van der Waals surface area (Å²) in [5.74, 6) is -2.23. The average molecular weight is 423 g/mol. The van der Waals surface area contributed by atoms with E-state index in [1.165, 1.54) is 0 Å². The summed E-state index contributed by atoms with van der Waals surface area (Å²) in [4.78, 5) is 20.7. The molecule has 0 aromatic rings. The van der Waals surface area contributed by atoms with Crippen molar-refractivity contribution in [2.24, 2.45) is 11.8 Å². The van der Waals surface area contributed by atoms with E-state index in [0.29, 0.717) is 12.8 Å². The second-order valence-electron chi connectivity index (χ2n) is 5.13. The summed E-state index contributed by atoms with van der Waals surface area (Å²) in [6.45, 7) is 7.89. The fourth-order valence-electron chi connectivity index (χ4n) is 1.88. The van der Waals surface area contributed by atoms with E-state index in [1.54, 1.807) is 0 Å². The maximum Gasteiger partial charge on any atom is 2.00 e. The van der Waals surface area contributed by atoms with Crippen molar-refractivity contribution in [3.05, 3.63) is 0 Å². The van der Waals surface area contributed by atoms with Gasteiger partial charge in [0.05, 0.1) is 0 Å². The molecule has 0 bridgehead atoms. The molecule has 2 radical (unpaired) electrons. The number of hydrogen-bond donors (Lipinski definition) is 0. The Bertz CT molecular complexity index is 233. The van der Waals surface area contributed by atoms with Gasteiger partial charge in [0.1, 0.15) is 0 Å². The number of carbonyl (C=O) groups excluding carboxylic acids is 2. The van der Waals surface area contributed by atoms with Crippen LogP contribution in [0, 0.1) is 11.8 Å². The molecule has 2 atom stereocenters. The first kappa shape index (κ1) is 29.7. The summed E-state index contributed by atoms with van der Waals surface area (Å²) >= 11 is 0.